The zero-order valence-corrected chi connectivity index (χ0v) is 7.66. The molecule has 13 heavy (non-hydrogen) atoms. The highest BCUT2D eigenvalue weighted by molar-refractivity contribution is 5.73. The van der Waals surface area contributed by atoms with Crippen molar-refractivity contribution in [1.82, 2.24) is 20.6 Å². The molecule has 1 rings (SSSR count). The van der Waals surface area contributed by atoms with Crippen LogP contribution in [-0.4, -0.2) is 23.0 Å². The zero-order chi connectivity index (χ0) is 9.68. The Morgan fingerprint density at radius 1 is 1.46 bits per heavy atom. The Bertz CT molecular complexity index is 283. The van der Waals surface area contributed by atoms with Crippen LogP contribution < -0.4 is 10.6 Å². The standard InChI is InChI=1S/C8H12N4O/c1-6-3-11-7(4-10-6)5-12-8(13)9-2/h3-4H,5H2,1-2H3,(H2,9,12,13). The van der Waals surface area contributed by atoms with Gasteiger partial charge in [0.05, 0.1) is 24.1 Å². The first-order valence-corrected chi connectivity index (χ1v) is 3.95. The number of nitrogens with zero attached hydrogens (tertiary/aromatic N) is 2. The molecule has 0 unspecified atom stereocenters. The second kappa shape index (κ2) is 4.39. The van der Waals surface area contributed by atoms with Crippen molar-refractivity contribution in [2.45, 2.75) is 13.5 Å². The summed E-state index contributed by atoms with van der Waals surface area (Å²) in [4.78, 5) is 18.9. The van der Waals surface area contributed by atoms with Gasteiger partial charge < -0.3 is 10.6 Å². The van der Waals surface area contributed by atoms with Gasteiger partial charge in [-0.3, -0.25) is 9.97 Å². The molecule has 2 amide bonds. The molecule has 0 saturated carbocycles. The minimum Gasteiger partial charge on any atom is -0.341 e. The van der Waals surface area contributed by atoms with Crippen molar-refractivity contribution in [3.8, 4) is 0 Å². The summed E-state index contributed by atoms with van der Waals surface area (Å²) in [6, 6.07) is -0.220. The van der Waals surface area contributed by atoms with Gasteiger partial charge in [-0.05, 0) is 6.92 Å². The lowest BCUT2D eigenvalue weighted by Crippen LogP contribution is -2.32. The second-order valence-electron chi connectivity index (χ2n) is 2.58. The maximum Gasteiger partial charge on any atom is 0.314 e. The first-order valence-electron chi connectivity index (χ1n) is 3.95. The summed E-state index contributed by atoms with van der Waals surface area (Å²) < 4.78 is 0. The Balaban J connectivity index is 2.46. The molecular formula is C8H12N4O. The van der Waals surface area contributed by atoms with E-state index in [1.807, 2.05) is 6.92 Å². The fourth-order valence-electron chi connectivity index (χ4n) is 0.770. The fourth-order valence-corrected chi connectivity index (χ4v) is 0.770. The number of amides is 2. The average Bonchev–Trinajstić information content (AvgIpc) is 2.16. The lowest BCUT2D eigenvalue weighted by molar-refractivity contribution is 0.242. The van der Waals surface area contributed by atoms with Gasteiger partial charge in [-0.2, -0.15) is 0 Å². The van der Waals surface area contributed by atoms with Gasteiger partial charge >= 0.3 is 6.03 Å². The van der Waals surface area contributed by atoms with Crippen LogP contribution in [0, 0.1) is 6.92 Å². The SMILES string of the molecule is CNC(=O)NCc1cnc(C)cn1. The van der Waals surface area contributed by atoms with Crippen LogP contribution in [0.3, 0.4) is 0 Å². The summed E-state index contributed by atoms with van der Waals surface area (Å²) in [5.74, 6) is 0. The van der Waals surface area contributed by atoms with Gasteiger partial charge in [-0.15, -0.1) is 0 Å². The molecule has 70 valence electrons. The Morgan fingerprint density at radius 2 is 2.23 bits per heavy atom. The largest absolute Gasteiger partial charge is 0.341 e. The summed E-state index contributed by atoms with van der Waals surface area (Å²) in [5, 5.41) is 5.06. The summed E-state index contributed by atoms with van der Waals surface area (Å²) in [7, 11) is 1.57. The van der Waals surface area contributed by atoms with Crippen molar-refractivity contribution >= 4 is 6.03 Å². The predicted octanol–water partition coefficient (Wildman–Crippen LogP) is 0.214. The molecule has 0 radical (unpaired) electrons. The van der Waals surface area contributed by atoms with Gasteiger partial charge in [0.25, 0.3) is 0 Å². The molecule has 5 heteroatoms. The molecule has 1 heterocycles. The quantitative estimate of drug-likeness (QED) is 0.683. The first-order chi connectivity index (χ1) is 6.22. The highest BCUT2D eigenvalue weighted by Crippen LogP contribution is 1.92. The molecular weight excluding hydrogens is 168 g/mol. The van der Waals surface area contributed by atoms with E-state index in [4.69, 9.17) is 0 Å². The number of hydrogen-bond acceptors (Lipinski definition) is 3. The summed E-state index contributed by atoms with van der Waals surface area (Å²) in [5.41, 5.74) is 1.61. The van der Waals surface area contributed by atoms with Crippen molar-refractivity contribution in [1.29, 1.82) is 0 Å². The minimum absolute atomic E-state index is 0.220. The third-order valence-electron chi connectivity index (χ3n) is 1.49. The van der Waals surface area contributed by atoms with Gasteiger partial charge in [0.15, 0.2) is 0 Å². The molecule has 0 bridgehead atoms. The van der Waals surface area contributed by atoms with E-state index in [0.717, 1.165) is 11.4 Å². The van der Waals surface area contributed by atoms with Crippen LogP contribution in [0.4, 0.5) is 4.79 Å². The number of carbonyl (C=O) groups excluding carboxylic acids is 1. The van der Waals surface area contributed by atoms with Crippen LogP contribution >= 0.6 is 0 Å². The van der Waals surface area contributed by atoms with Gasteiger partial charge in [-0.25, -0.2) is 4.79 Å². The van der Waals surface area contributed by atoms with Gasteiger partial charge in [0.2, 0.25) is 0 Å². The number of nitrogens with one attached hydrogen (secondary N) is 2. The number of hydrogen-bond donors (Lipinski definition) is 2. The second-order valence-corrected chi connectivity index (χ2v) is 2.58. The van der Waals surface area contributed by atoms with Crippen LogP contribution in [0.2, 0.25) is 0 Å². The Kier molecular flexibility index (Phi) is 3.19. The molecule has 0 aliphatic rings. The molecule has 0 saturated heterocycles. The average molecular weight is 180 g/mol. The Morgan fingerprint density at radius 3 is 2.77 bits per heavy atom. The smallest absolute Gasteiger partial charge is 0.314 e. The van der Waals surface area contributed by atoms with Gasteiger partial charge in [-0.1, -0.05) is 0 Å². The van der Waals surface area contributed by atoms with Crippen molar-refractivity contribution in [2.24, 2.45) is 0 Å². The van der Waals surface area contributed by atoms with Crippen LogP contribution in [0.5, 0.6) is 0 Å². The van der Waals surface area contributed by atoms with Crippen LogP contribution in [0.1, 0.15) is 11.4 Å². The minimum atomic E-state index is -0.220. The summed E-state index contributed by atoms with van der Waals surface area (Å²) in [6.45, 7) is 2.26. The molecule has 1 aromatic heterocycles. The number of aryl methyl sites for hydroxylation is 1. The summed E-state index contributed by atoms with van der Waals surface area (Å²) >= 11 is 0. The Labute approximate surface area is 76.6 Å². The van der Waals surface area contributed by atoms with Gasteiger partial charge in [0, 0.05) is 13.2 Å². The van der Waals surface area contributed by atoms with Crippen molar-refractivity contribution in [2.75, 3.05) is 7.05 Å². The maximum absolute atomic E-state index is 10.8. The molecule has 1 aromatic rings. The van der Waals surface area contributed by atoms with Crippen LogP contribution in [-0.2, 0) is 6.54 Å². The van der Waals surface area contributed by atoms with Gasteiger partial charge in [0.1, 0.15) is 0 Å². The van der Waals surface area contributed by atoms with E-state index in [1.165, 1.54) is 0 Å². The van der Waals surface area contributed by atoms with E-state index >= 15 is 0 Å². The van der Waals surface area contributed by atoms with Crippen LogP contribution in [0.25, 0.3) is 0 Å². The lowest BCUT2D eigenvalue weighted by atomic mass is 10.4. The van der Waals surface area contributed by atoms with E-state index in [0.29, 0.717) is 6.54 Å². The molecule has 0 aliphatic heterocycles. The first kappa shape index (κ1) is 9.44. The van der Waals surface area contributed by atoms with E-state index in [1.54, 1.807) is 19.4 Å². The van der Waals surface area contributed by atoms with Crippen LogP contribution in [0.15, 0.2) is 12.4 Å². The normalized spacial score (nSPS) is 9.38. The monoisotopic (exact) mass is 180 g/mol. The van der Waals surface area contributed by atoms with Crippen molar-refractivity contribution < 1.29 is 4.79 Å². The predicted molar refractivity (Wildman–Crippen MR) is 48.1 cm³/mol. The molecule has 0 atom stereocenters. The molecule has 0 fully saturated rings. The topological polar surface area (TPSA) is 66.9 Å². The van der Waals surface area contributed by atoms with E-state index in [-0.39, 0.29) is 6.03 Å². The molecule has 0 aromatic carbocycles. The number of carbonyl (C=O) groups is 1. The zero-order valence-electron chi connectivity index (χ0n) is 7.66. The van der Waals surface area contributed by atoms with Crippen molar-refractivity contribution in [3.05, 3.63) is 23.8 Å². The fraction of sp³-hybridized carbons (Fsp3) is 0.375. The lowest BCUT2D eigenvalue weighted by Gasteiger charge is -2.02. The highest BCUT2D eigenvalue weighted by Gasteiger charge is 1.97. The highest BCUT2D eigenvalue weighted by atomic mass is 16.2. The molecule has 2 N–H and O–H groups in total. The van der Waals surface area contributed by atoms with E-state index < -0.39 is 0 Å². The maximum atomic E-state index is 10.8. The summed E-state index contributed by atoms with van der Waals surface area (Å²) in [6.07, 6.45) is 3.31. The molecule has 5 nitrogen and oxygen atoms in total. The number of rotatable bonds is 2. The number of aromatic nitrogens is 2. The molecule has 0 aliphatic carbocycles. The molecule has 0 spiro atoms. The van der Waals surface area contributed by atoms with E-state index in [2.05, 4.69) is 20.6 Å². The Hall–Kier alpha value is -1.65. The van der Waals surface area contributed by atoms with Crippen molar-refractivity contribution in [3.63, 3.8) is 0 Å². The third kappa shape index (κ3) is 3.06. The van der Waals surface area contributed by atoms with E-state index in [9.17, 15) is 4.79 Å². The number of urea groups is 1. The third-order valence-corrected chi connectivity index (χ3v) is 1.49.